The van der Waals surface area contributed by atoms with Crippen LogP contribution in [0.2, 0.25) is 5.28 Å². The van der Waals surface area contributed by atoms with Crippen molar-refractivity contribution in [3.63, 3.8) is 0 Å². The zero-order valence-corrected chi connectivity index (χ0v) is 10.3. The first-order valence-electron chi connectivity index (χ1n) is 6.02. The maximum Gasteiger partial charge on any atom is 0.224 e. The summed E-state index contributed by atoms with van der Waals surface area (Å²) in [5.41, 5.74) is 9.60. The molecular weight excluding hydrogens is 238 g/mol. The van der Waals surface area contributed by atoms with Crippen LogP contribution in [0.5, 0.6) is 0 Å². The van der Waals surface area contributed by atoms with Crippen LogP contribution >= 0.6 is 11.6 Å². The van der Waals surface area contributed by atoms with Gasteiger partial charge in [-0.05, 0) is 36.3 Å². The van der Waals surface area contributed by atoms with E-state index in [0.717, 1.165) is 24.9 Å². The third kappa shape index (κ3) is 2.17. The molecule has 2 aliphatic rings. The fourth-order valence-corrected chi connectivity index (χ4v) is 3.07. The Morgan fingerprint density at radius 3 is 2.76 bits per heavy atom. The van der Waals surface area contributed by atoms with Gasteiger partial charge in [0.1, 0.15) is 0 Å². The van der Waals surface area contributed by atoms with Gasteiger partial charge in [0, 0.05) is 13.1 Å². The summed E-state index contributed by atoms with van der Waals surface area (Å²) in [6.45, 7) is 2.15. The number of aromatic nitrogens is 2. The molecule has 0 bridgehead atoms. The van der Waals surface area contributed by atoms with E-state index in [1.165, 1.54) is 25.5 Å². The van der Waals surface area contributed by atoms with Crippen molar-refractivity contribution in [1.29, 1.82) is 0 Å². The molecular formula is C11H16ClN5. The molecule has 17 heavy (non-hydrogen) atoms. The van der Waals surface area contributed by atoms with Gasteiger partial charge in [0.15, 0.2) is 5.82 Å². The number of nitrogens with two attached hydrogens (primary N) is 1. The highest BCUT2D eigenvalue weighted by Gasteiger charge is 2.36. The van der Waals surface area contributed by atoms with Gasteiger partial charge in [-0.25, -0.2) is 9.99 Å². The van der Waals surface area contributed by atoms with Crippen LogP contribution in [0.15, 0.2) is 6.20 Å². The number of nitrogens with zero attached hydrogens (tertiary/aromatic N) is 3. The Hall–Kier alpha value is -1.07. The first-order valence-corrected chi connectivity index (χ1v) is 6.40. The van der Waals surface area contributed by atoms with Gasteiger partial charge in [-0.15, -0.1) is 0 Å². The molecule has 0 spiro atoms. The normalized spacial score (nSPS) is 28.3. The van der Waals surface area contributed by atoms with E-state index in [2.05, 4.69) is 20.4 Å². The highest BCUT2D eigenvalue weighted by Crippen LogP contribution is 2.37. The zero-order valence-electron chi connectivity index (χ0n) is 9.56. The number of nitrogen functional groups attached to an aromatic ring is 1. The summed E-state index contributed by atoms with van der Waals surface area (Å²) in [5, 5.41) is 2.42. The summed E-state index contributed by atoms with van der Waals surface area (Å²) in [6.07, 6.45) is 5.62. The van der Waals surface area contributed by atoms with Crippen LogP contribution in [0.25, 0.3) is 0 Å². The summed E-state index contributed by atoms with van der Waals surface area (Å²) in [5.74, 6) is 2.28. The summed E-state index contributed by atoms with van der Waals surface area (Å²) < 4.78 is 0. The largest absolute Gasteiger partial charge is 0.394 e. The number of anilines is 2. The van der Waals surface area contributed by atoms with Gasteiger partial charge in [0.25, 0.3) is 0 Å². The highest BCUT2D eigenvalue weighted by molar-refractivity contribution is 6.28. The van der Waals surface area contributed by atoms with E-state index in [1.54, 1.807) is 0 Å². The second-order valence-electron chi connectivity index (χ2n) is 4.91. The maximum atomic E-state index is 5.81. The van der Waals surface area contributed by atoms with Gasteiger partial charge in [0.2, 0.25) is 5.28 Å². The molecule has 1 aliphatic carbocycles. The Balaban J connectivity index is 1.69. The van der Waals surface area contributed by atoms with Crippen molar-refractivity contribution in [2.75, 3.05) is 24.2 Å². The first kappa shape index (κ1) is 11.0. The molecule has 1 saturated heterocycles. The molecule has 1 aromatic heterocycles. The van der Waals surface area contributed by atoms with Crippen molar-refractivity contribution in [3.8, 4) is 0 Å². The van der Waals surface area contributed by atoms with E-state index in [-0.39, 0.29) is 5.28 Å². The quantitative estimate of drug-likeness (QED) is 0.787. The molecule has 1 aromatic rings. The average molecular weight is 254 g/mol. The molecule has 0 amide bonds. The van der Waals surface area contributed by atoms with Crippen molar-refractivity contribution in [1.82, 2.24) is 15.0 Å². The summed E-state index contributed by atoms with van der Waals surface area (Å²) in [4.78, 5) is 7.95. The highest BCUT2D eigenvalue weighted by atomic mass is 35.5. The summed E-state index contributed by atoms with van der Waals surface area (Å²) in [7, 11) is 0. The van der Waals surface area contributed by atoms with Gasteiger partial charge in [-0.3, -0.25) is 0 Å². The monoisotopic (exact) mass is 253 g/mol. The molecule has 6 heteroatoms. The lowest BCUT2D eigenvalue weighted by atomic mass is 10.0. The van der Waals surface area contributed by atoms with Gasteiger partial charge < -0.3 is 11.2 Å². The number of fused-ring (bicyclic) bond motifs is 1. The zero-order chi connectivity index (χ0) is 11.8. The van der Waals surface area contributed by atoms with Crippen LogP contribution in [0.1, 0.15) is 19.3 Å². The van der Waals surface area contributed by atoms with Crippen LogP contribution in [0, 0.1) is 11.8 Å². The van der Waals surface area contributed by atoms with Crippen LogP contribution < -0.4 is 11.2 Å². The van der Waals surface area contributed by atoms with Gasteiger partial charge >= 0.3 is 0 Å². The van der Waals surface area contributed by atoms with Crippen LogP contribution in [0.4, 0.5) is 11.5 Å². The number of rotatable bonds is 2. The Kier molecular flexibility index (Phi) is 2.80. The van der Waals surface area contributed by atoms with Crippen molar-refractivity contribution < 1.29 is 0 Å². The van der Waals surface area contributed by atoms with Crippen molar-refractivity contribution in [2.24, 2.45) is 11.8 Å². The van der Waals surface area contributed by atoms with E-state index >= 15 is 0 Å². The maximum absolute atomic E-state index is 5.81. The predicted molar refractivity (Wildman–Crippen MR) is 67.5 cm³/mol. The molecule has 92 valence electrons. The first-order chi connectivity index (χ1) is 8.22. The molecule has 2 heterocycles. The fourth-order valence-electron chi connectivity index (χ4n) is 2.94. The minimum absolute atomic E-state index is 0.223. The lowest BCUT2D eigenvalue weighted by Gasteiger charge is -2.19. The summed E-state index contributed by atoms with van der Waals surface area (Å²) >= 11 is 5.76. The molecule has 1 saturated carbocycles. The van der Waals surface area contributed by atoms with E-state index in [1.807, 2.05) is 0 Å². The fraction of sp³-hybridized carbons (Fsp3) is 0.636. The standard InChI is InChI=1S/C11H16ClN5/c12-11-14-4-9(13)10(15-11)16-17-5-7-2-1-3-8(7)6-17/h4,7-8H,1-3,5-6,13H2,(H,14,15,16). The Morgan fingerprint density at radius 1 is 1.35 bits per heavy atom. The Morgan fingerprint density at radius 2 is 2.06 bits per heavy atom. The molecule has 1 aliphatic heterocycles. The number of hydrazine groups is 1. The van der Waals surface area contributed by atoms with E-state index in [4.69, 9.17) is 17.3 Å². The van der Waals surface area contributed by atoms with Crippen molar-refractivity contribution in [2.45, 2.75) is 19.3 Å². The number of hydrogen-bond acceptors (Lipinski definition) is 5. The Bertz CT molecular complexity index is 412. The van der Waals surface area contributed by atoms with Crippen molar-refractivity contribution >= 4 is 23.1 Å². The molecule has 3 rings (SSSR count). The predicted octanol–water partition coefficient (Wildman–Crippen LogP) is 1.77. The second-order valence-corrected chi connectivity index (χ2v) is 5.25. The van der Waals surface area contributed by atoms with Crippen molar-refractivity contribution in [3.05, 3.63) is 11.5 Å². The van der Waals surface area contributed by atoms with E-state index in [9.17, 15) is 0 Å². The lowest BCUT2D eigenvalue weighted by molar-refractivity contribution is 0.371. The topological polar surface area (TPSA) is 67.1 Å². The molecule has 0 aromatic carbocycles. The van der Waals surface area contributed by atoms with Crippen LogP contribution in [-0.2, 0) is 0 Å². The molecule has 0 radical (unpaired) electrons. The third-order valence-corrected chi connectivity index (χ3v) is 3.96. The van der Waals surface area contributed by atoms with Gasteiger partial charge in [-0.2, -0.15) is 4.98 Å². The molecule has 3 N–H and O–H groups in total. The molecule has 2 atom stereocenters. The smallest absolute Gasteiger partial charge is 0.224 e. The van der Waals surface area contributed by atoms with Crippen LogP contribution in [-0.4, -0.2) is 28.1 Å². The number of hydrogen-bond donors (Lipinski definition) is 2. The summed E-state index contributed by atoms with van der Waals surface area (Å²) in [6, 6.07) is 0. The Labute approximate surface area is 105 Å². The third-order valence-electron chi connectivity index (χ3n) is 3.78. The minimum Gasteiger partial charge on any atom is -0.394 e. The molecule has 2 unspecified atom stereocenters. The number of nitrogens with one attached hydrogen (secondary N) is 1. The second kappa shape index (κ2) is 4.31. The van der Waals surface area contributed by atoms with E-state index < -0.39 is 0 Å². The SMILES string of the molecule is Nc1cnc(Cl)nc1NN1CC2CCCC2C1. The lowest BCUT2D eigenvalue weighted by Crippen LogP contribution is -2.29. The molecule has 2 fully saturated rings. The average Bonchev–Trinajstić information content (AvgIpc) is 2.83. The van der Waals surface area contributed by atoms with E-state index in [0.29, 0.717) is 11.5 Å². The minimum atomic E-state index is 0.223. The molecule has 5 nitrogen and oxygen atoms in total. The van der Waals surface area contributed by atoms with Gasteiger partial charge in [0.05, 0.1) is 11.9 Å². The van der Waals surface area contributed by atoms with Crippen LogP contribution in [0.3, 0.4) is 0 Å². The number of halogens is 1. The van der Waals surface area contributed by atoms with Gasteiger partial charge in [-0.1, -0.05) is 6.42 Å².